The highest BCUT2D eigenvalue weighted by Crippen LogP contribution is 2.34. The molecule has 2 aromatic carbocycles. The quantitative estimate of drug-likeness (QED) is 0.752. The topological polar surface area (TPSA) is 23.6 Å². The molecule has 1 heterocycles. The fraction of sp³-hybridized carbons (Fsp3) is 0.263. The molecular formula is C19H20N2OS. The SMILES string of the molecule is CCCCC1C(=O)N(c2ccccc2)N(c2ccccc2)C1=S. The summed E-state index contributed by atoms with van der Waals surface area (Å²) >= 11 is 5.67. The predicted molar refractivity (Wildman–Crippen MR) is 98.5 cm³/mol. The van der Waals surface area contributed by atoms with Gasteiger partial charge < -0.3 is 0 Å². The van der Waals surface area contributed by atoms with Crippen molar-refractivity contribution in [2.24, 2.45) is 5.92 Å². The van der Waals surface area contributed by atoms with Crippen molar-refractivity contribution in [2.45, 2.75) is 26.2 Å². The summed E-state index contributed by atoms with van der Waals surface area (Å²) in [4.78, 5) is 13.7. The van der Waals surface area contributed by atoms with Gasteiger partial charge in [-0.05, 0) is 30.7 Å². The Bertz CT molecular complexity index is 630. The minimum Gasteiger partial charge on any atom is -0.272 e. The molecule has 3 rings (SSSR count). The van der Waals surface area contributed by atoms with E-state index in [-0.39, 0.29) is 11.8 Å². The van der Waals surface area contributed by atoms with E-state index in [2.05, 4.69) is 6.92 Å². The van der Waals surface area contributed by atoms with Crippen LogP contribution in [0.15, 0.2) is 60.7 Å². The van der Waals surface area contributed by atoms with Crippen molar-refractivity contribution in [3.63, 3.8) is 0 Å². The summed E-state index contributed by atoms with van der Waals surface area (Å²) in [5.74, 6) is -0.149. The van der Waals surface area contributed by atoms with E-state index in [0.717, 1.165) is 30.6 Å². The Morgan fingerprint density at radius 2 is 1.43 bits per heavy atom. The van der Waals surface area contributed by atoms with Gasteiger partial charge in [-0.15, -0.1) is 0 Å². The highest BCUT2D eigenvalue weighted by Gasteiger charge is 2.43. The van der Waals surface area contributed by atoms with Crippen LogP contribution in [0, 0.1) is 5.92 Å². The Morgan fingerprint density at radius 1 is 0.913 bits per heavy atom. The summed E-state index contributed by atoms with van der Waals surface area (Å²) in [7, 11) is 0. The Hall–Kier alpha value is -2.20. The van der Waals surface area contributed by atoms with Gasteiger partial charge in [-0.25, -0.2) is 10.0 Å². The number of hydrogen-bond donors (Lipinski definition) is 0. The Balaban J connectivity index is 2.02. The van der Waals surface area contributed by atoms with Gasteiger partial charge in [0.25, 0.3) is 5.91 Å². The summed E-state index contributed by atoms with van der Waals surface area (Å²) in [6.45, 7) is 2.13. The summed E-state index contributed by atoms with van der Waals surface area (Å²) in [5.41, 5.74) is 1.77. The monoisotopic (exact) mass is 324 g/mol. The number of unbranched alkanes of at least 4 members (excludes halogenated alkanes) is 1. The minimum absolute atomic E-state index is 0.0681. The molecule has 3 nitrogen and oxygen atoms in total. The molecule has 1 aliphatic rings. The first-order valence-corrected chi connectivity index (χ1v) is 8.42. The summed E-state index contributed by atoms with van der Waals surface area (Å²) in [5, 5.41) is 3.60. The van der Waals surface area contributed by atoms with Gasteiger partial charge >= 0.3 is 0 Å². The number of nitrogens with zero attached hydrogens (tertiary/aromatic N) is 2. The van der Waals surface area contributed by atoms with E-state index in [0.29, 0.717) is 4.99 Å². The zero-order chi connectivity index (χ0) is 16.2. The molecule has 2 aromatic rings. The van der Waals surface area contributed by atoms with Crippen LogP contribution in [0.4, 0.5) is 11.4 Å². The van der Waals surface area contributed by atoms with Crippen LogP contribution in [0.25, 0.3) is 0 Å². The highest BCUT2D eigenvalue weighted by molar-refractivity contribution is 7.80. The molecule has 118 valence electrons. The maximum atomic E-state index is 13.0. The van der Waals surface area contributed by atoms with Crippen LogP contribution in [-0.4, -0.2) is 10.9 Å². The average molecular weight is 324 g/mol. The average Bonchev–Trinajstić information content (AvgIpc) is 2.85. The second kappa shape index (κ2) is 6.92. The van der Waals surface area contributed by atoms with Crippen molar-refractivity contribution >= 4 is 34.5 Å². The molecule has 1 saturated heterocycles. The molecule has 1 amide bonds. The number of hydrogen-bond acceptors (Lipinski definition) is 2. The lowest BCUT2D eigenvalue weighted by atomic mass is 10.0. The Kier molecular flexibility index (Phi) is 4.72. The van der Waals surface area contributed by atoms with Crippen molar-refractivity contribution < 1.29 is 4.79 Å². The van der Waals surface area contributed by atoms with Crippen LogP contribution < -0.4 is 10.0 Å². The normalized spacial score (nSPS) is 17.9. The molecule has 0 saturated carbocycles. The van der Waals surface area contributed by atoms with Gasteiger partial charge in [0, 0.05) is 0 Å². The zero-order valence-corrected chi connectivity index (χ0v) is 14.0. The van der Waals surface area contributed by atoms with Crippen LogP contribution in [0.1, 0.15) is 26.2 Å². The Morgan fingerprint density at radius 3 is 1.96 bits per heavy atom. The largest absolute Gasteiger partial charge is 0.272 e. The van der Waals surface area contributed by atoms with Crippen LogP contribution in [-0.2, 0) is 4.79 Å². The summed E-state index contributed by atoms with van der Waals surface area (Å²) < 4.78 is 0. The molecule has 0 N–H and O–H groups in total. The van der Waals surface area contributed by atoms with Gasteiger partial charge in [-0.1, -0.05) is 68.4 Å². The molecule has 23 heavy (non-hydrogen) atoms. The minimum atomic E-state index is -0.217. The molecule has 0 aromatic heterocycles. The van der Waals surface area contributed by atoms with Gasteiger partial charge in [0.2, 0.25) is 0 Å². The lowest BCUT2D eigenvalue weighted by Crippen LogP contribution is -2.40. The van der Waals surface area contributed by atoms with Crippen molar-refractivity contribution in [1.82, 2.24) is 0 Å². The first-order chi connectivity index (χ1) is 11.2. The maximum absolute atomic E-state index is 13.0. The molecule has 0 bridgehead atoms. The van der Waals surface area contributed by atoms with E-state index in [9.17, 15) is 4.79 Å². The van der Waals surface area contributed by atoms with Crippen molar-refractivity contribution in [2.75, 3.05) is 10.0 Å². The van der Waals surface area contributed by atoms with E-state index in [4.69, 9.17) is 12.2 Å². The standard InChI is InChI=1S/C19H20N2OS/c1-2-3-14-17-18(22)20(15-10-6-4-7-11-15)21(19(17)23)16-12-8-5-9-13-16/h4-13,17H,2-3,14H2,1H3. The third kappa shape index (κ3) is 2.99. The van der Waals surface area contributed by atoms with Gasteiger partial charge in [-0.2, -0.15) is 0 Å². The smallest absolute Gasteiger partial charge is 0.256 e. The molecule has 0 radical (unpaired) electrons. The lowest BCUT2D eigenvalue weighted by molar-refractivity contribution is -0.119. The lowest BCUT2D eigenvalue weighted by Gasteiger charge is -2.29. The number of hydrazine groups is 1. The molecule has 0 spiro atoms. The van der Waals surface area contributed by atoms with Crippen LogP contribution in [0.3, 0.4) is 0 Å². The van der Waals surface area contributed by atoms with Gasteiger partial charge in [0.1, 0.15) is 4.99 Å². The van der Waals surface area contributed by atoms with Gasteiger partial charge in [0.15, 0.2) is 0 Å². The van der Waals surface area contributed by atoms with Crippen molar-refractivity contribution in [3.8, 4) is 0 Å². The van der Waals surface area contributed by atoms with Crippen LogP contribution >= 0.6 is 12.2 Å². The Labute approximate surface area is 142 Å². The molecule has 1 atom stereocenters. The van der Waals surface area contributed by atoms with E-state index in [1.807, 2.05) is 65.7 Å². The van der Waals surface area contributed by atoms with Gasteiger partial charge in [0.05, 0.1) is 17.3 Å². The third-order valence-corrected chi connectivity index (χ3v) is 4.52. The number of carbonyl (C=O) groups is 1. The number of thiocarbonyl (C=S) groups is 1. The highest BCUT2D eigenvalue weighted by atomic mass is 32.1. The fourth-order valence-electron chi connectivity index (χ4n) is 2.88. The number of carbonyl (C=O) groups excluding carboxylic acids is 1. The molecule has 1 aliphatic heterocycles. The fourth-order valence-corrected chi connectivity index (χ4v) is 3.28. The van der Waals surface area contributed by atoms with E-state index < -0.39 is 0 Å². The van der Waals surface area contributed by atoms with E-state index >= 15 is 0 Å². The molecule has 1 fully saturated rings. The molecule has 1 unspecified atom stereocenters. The van der Waals surface area contributed by atoms with Crippen LogP contribution in [0.5, 0.6) is 0 Å². The van der Waals surface area contributed by atoms with E-state index in [1.165, 1.54) is 0 Å². The summed E-state index contributed by atoms with van der Waals surface area (Å²) in [6.07, 6.45) is 2.87. The second-order valence-corrected chi connectivity index (χ2v) is 6.08. The van der Waals surface area contributed by atoms with Gasteiger partial charge in [-0.3, -0.25) is 4.79 Å². The first-order valence-electron chi connectivity index (χ1n) is 8.02. The first kappa shape index (κ1) is 15.7. The van der Waals surface area contributed by atoms with Crippen LogP contribution in [0.2, 0.25) is 0 Å². The number of amides is 1. The predicted octanol–water partition coefficient (Wildman–Crippen LogP) is 4.59. The number of rotatable bonds is 5. The zero-order valence-electron chi connectivity index (χ0n) is 13.2. The molecule has 4 heteroatoms. The van der Waals surface area contributed by atoms with Crippen molar-refractivity contribution in [1.29, 1.82) is 0 Å². The number of anilines is 2. The number of para-hydroxylation sites is 2. The molecule has 0 aliphatic carbocycles. The number of benzene rings is 2. The van der Waals surface area contributed by atoms with Crippen molar-refractivity contribution in [3.05, 3.63) is 60.7 Å². The summed E-state index contributed by atoms with van der Waals surface area (Å²) in [6, 6.07) is 19.6. The van der Waals surface area contributed by atoms with E-state index in [1.54, 1.807) is 5.01 Å². The second-order valence-electron chi connectivity index (χ2n) is 5.67. The third-order valence-electron chi connectivity index (χ3n) is 4.06. The maximum Gasteiger partial charge on any atom is 0.256 e. The molecular weight excluding hydrogens is 304 g/mol.